The smallest absolute Gasteiger partial charge is 0.144 e. The summed E-state index contributed by atoms with van der Waals surface area (Å²) in [4.78, 5) is 4.83. The van der Waals surface area contributed by atoms with Gasteiger partial charge in [0.05, 0.1) is 22.9 Å². The molecule has 0 spiro atoms. The fourth-order valence-electron chi connectivity index (χ4n) is 2.67. The van der Waals surface area contributed by atoms with E-state index in [1.54, 1.807) is 6.26 Å². The van der Waals surface area contributed by atoms with E-state index in [1.165, 1.54) is 0 Å². The van der Waals surface area contributed by atoms with Crippen molar-refractivity contribution >= 4 is 11.0 Å². The molecule has 110 valence electrons. The van der Waals surface area contributed by atoms with Crippen LogP contribution in [0.4, 0.5) is 0 Å². The number of benzene rings is 1. The molecule has 4 heteroatoms. The van der Waals surface area contributed by atoms with Crippen LogP contribution in [-0.2, 0) is 13.1 Å². The van der Waals surface area contributed by atoms with Crippen LogP contribution in [-0.4, -0.2) is 9.55 Å². The number of fused-ring (bicyclic) bond motifs is 1. The molecular weight excluding hydrogens is 262 g/mol. The van der Waals surface area contributed by atoms with Crippen molar-refractivity contribution < 1.29 is 4.42 Å². The quantitative estimate of drug-likeness (QED) is 0.794. The summed E-state index contributed by atoms with van der Waals surface area (Å²) in [5, 5.41) is 0. The average molecular weight is 283 g/mol. The summed E-state index contributed by atoms with van der Waals surface area (Å²) in [5.41, 5.74) is 10.0. The monoisotopic (exact) mass is 283 g/mol. The molecule has 0 unspecified atom stereocenters. The van der Waals surface area contributed by atoms with E-state index >= 15 is 0 Å². The molecule has 2 aromatic heterocycles. The van der Waals surface area contributed by atoms with E-state index in [0.717, 1.165) is 40.3 Å². The SMILES string of the molecule is Cc1occc1-c1nc2cc(CN)ccc2n1CC(C)C. The normalized spacial score (nSPS) is 11.7. The van der Waals surface area contributed by atoms with Crippen molar-refractivity contribution in [1.29, 1.82) is 0 Å². The molecule has 0 radical (unpaired) electrons. The van der Waals surface area contributed by atoms with Crippen LogP contribution in [0.15, 0.2) is 34.9 Å². The van der Waals surface area contributed by atoms with Gasteiger partial charge in [-0.1, -0.05) is 19.9 Å². The molecule has 0 atom stereocenters. The molecule has 3 aromatic rings. The molecular formula is C17H21N3O. The molecule has 0 bridgehead atoms. The van der Waals surface area contributed by atoms with E-state index in [0.29, 0.717) is 12.5 Å². The number of hydrogen-bond acceptors (Lipinski definition) is 3. The first kappa shape index (κ1) is 13.9. The predicted molar refractivity (Wildman–Crippen MR) is 84.9 cm³/mol. The Kier molecular flexibility index (Phi) is 3.55. The molecule has 1 aromatic carbocycles. The largest absolute Gasteiger partial charge is 0.469 e. The number of furan rings is 1. The third-order valence-electron chi connectivity index (χ3n) is 3.70. The molecule has 0 amide bonds. The third-order valence-corrected chi connectivity index (χ3v) is 3.70. The number of aromatic nitrogens is 2. The van der Waals surface area contributed by atoms with Crippen molar-refractivity contribution in [2.24, 2.45) is 11.7 Å². The first-order valence-electron chi connectivity index (χ1n) is 7.34. The van der Waals surface area contributed by atoms with Crippen molar-refractivity contribution in [3.05, 3.63) is 41.9 Å². The lowest BCUT2D eigenvalue weighted by Gasteiger charge is -2.11. The lowest BCUT2D eigenvalue weighted by atomic mass is 10.2. The highest BCUT2D eigenvalue weighted by atomic mass is 16.3. The van der Waals surface area contributed by atoms with Gasteiger partial charge in [0, 0.05) is 13.1 Å². The Morgan fingerprint density at radius 3 is 2.71 bits per heavy atom. The van der Waals surface area contributed by atoms with Gasteiger partial charge in [-0.25, -0.2) is 4.98 Å². The van der Waals surface area contributed by atoms with E-state index in [4.69, 9.17) is 15.1 Å². The summed E-state index contributed by atoms with van der Waals surface area (Å²) in [6.45, 7) is 7.86. The van der Waals surface area contributed by atoms with E-state index in [-0.39, 0.29) is 0 Å². The fraction of sp³-hybridized carbons (Fsp3) is 0.353. The van der Waals surface area contributed by atoms with Crippen LogP contribution in [0.3, 0.4) is 0 Å². The van der Waals surface area contributed by atoms with E-state index in [2.05, 4.69) is 36.6 Å². The highest BCUT2D eigenvalue weighted by molar-refractivity contribution is 5.81. The van der Waals surface area contributed by atoms with Crippen LogP contribution in [0.2, 0.25) is 0 Å². The zero-order valence-corrected chi connectivity index (χ0v) is 12.8. The van der Waals surface area contributed by atoms with Crippen molar-refractivity contribution in [3.63, 3.8) is 0 Å². The van der Waals surface area contributed by atoms with Crippen LogP contribution in [0.5, 0.6) is 0 Å². The van der Waals surface area contributed by atoms with Crippen molar-refractivity contribution in [1.82, 2.24) is 9.55 Å². The van der Waals surface area contributed by atoms with Gasteiger partial charge >= 0.3 is 0 Å². The number of nitrogens with zero attached hydrogens (tertiary/aromatic N) is 2. The van der Waals surface area contributed by atoms with Gasteiger partial charge in [-0.3, -0.25) is 0 Å². The molecule has 0 fully saturated rings. The lowest BCUT2D eigenvalue weighted by molar-refractivity contribution is 0.528. The summed E-state index contributed by atoms with van der Waals surface area (Å²) in [5.74, 6) is 2.41. The maximum Gasteiger partial charge on any atom is 0.144 e. The van der Waals surface area contributed by atoms with E-state index in [9.17, 15) is 0 Å². The standard InChI is InChI=1S/C17H21N3O/c1-11(2)10-20-16-5-4-13(9-18)8-15(16)19-17(20)14-6-7-21-12(14)3/h4-8,11H,9-10,18H2,1-3H3. The summed E-state index contributed by atoms with van der Waals surface area (Å²) < 4.78 is 7.72. The summed E-state index contributed by atoms with van der Waals surface area (Å²) in [6.07, 6.45) is 1.72. The molecule has 0 aliphatic carbocycles. The molecule has 21 heavy (non-hydrogen) atoms. The molecule has 4 nitrogen and oxygen atoms in total. The number of aryl methyl sites for hydroxylation is 1. The molecule has 0 aliphatic heterocycles. The van der Waals surface area contributed by atoms with Gasteiger partial charge in [0.15, 0.2) is 0 Å². The zero-order chi connectivity index (χ0) is 15.0. The summed E-state index contributed by atoms with van der Waals surface area (Å²) >= 11 is 0. The van der Waals surface area contributed by atoms with Gasteiger partial charge in [-0.05, 0) is 36.6 Å². The average Bonchev–Trinajstić information content (AvgIpc) is 3.02. The Bertz CT molecular complexity index is 768. The lowest BCUT2D eigenvalue weighted by Crippen LogP contribution is -2.06. The van der Waals surface area contributed by atoms with Crippen molar-refractivity contribution in [3.8, 4) is 11.4 Å². The minimum absolute atomic E-state index is 0.535. The number of nitrogens with two attached hydrogens (primary N) is 1. The predicted octanol–water partition coefficient (Wildman–Crippen LogP) is 3.72. The molecule has 3 rings (SSSR count). The molecule has 2 heterocycles. The fourth-order valence-corrected chi connectivity index (χ4v) is 2.67. The maximum atomic E-state index is 5.74. The summed E-state index contributed by atoms with van der Waals surface area (Å²) in [7, 11) is 0. The van der Waals surface area contributed by atoms with Gasteiger partial charge < -0.3 is 14.7 Å². The Hall–Kier alpha value is -2.07. The Labute approximate surface area is 124 Å². The van der Waals surface area contributed by atoms with E-state index < -0.39 is 0 Å². The second-order valence-electron chi connectivity index (χ2n) is 5.86. The van der Waals surface area contributed by atoms with Crippen LogP contribution in [0.25, 0.3) is 22.4 Å². The topological polar surface area (TPSA) is 57.0 Å². The van der Waals surface area contributed by atoms with Crippen LogP contribution in [0.1, 0.15) is 25.2 Å². The first-order chi connectivity index (χ1) is 10.1. The van der Waals surface area contributed by atoms with Crippen LogP contribution in [0, 0.1) is 12.8 Å². The number of hydrogen-bond donors (Lipinski definition) is 1. The second kappa shape index (κ2) is 5.37. The van der Waals surface area contributed by atoms with Crippen LogP contribution >= 0.6 is 0 Å². The van der Waals surface area contributed by atoms with Crippen LogP contribution < -0.4 is 5.73 Å². The minimum Gasteiger partial charge on any atom is -0.469 e. The van der Waals surface area contributed by atoms with Gasteiger partial charge in [0.25, 0.3) is 0 Å². The maximum absolute atomic E-state index is 5.74. The van der Waals surface area contributed by atoms with E-state index in [1.807, 2.05) is 13.0 Å². The summed E-state index contributed by atoms with van der Waals surface area (Å²) in [6, 6.07) is 8.25. The van der Waals surface area contributed by atoms with Gasteiger partial charge in [-0.2, -0.15) is 0 Å². The zero-order valence-electron chi connectivity index (χ0n) is 12.8. The highest BCUT2D eigenvalue weighted by Gasteiger charge is 2.16. The Morgan fingerprint density at radius 2 is 2.10 bits per heavy atom. The second-order valence-corrected chi connectivity index (χ2v) is 5.86. The minimum atomic E-state index is 0.535. The Balaban J connectivity index is 2.24. The molecule has 0 aliphatic rings. The Morgan fingerprint density at radius 1 is 1.29 bits per heavy atom. The highest BCUT2D eigenvalue weighted by Crippen LogP contribution is 2.29. The van der Waals surface area contributed by atoms with Gasteiger partial charge in [-0.15, -0.1) is 0 Å². The number of rotatable bonds is 4. The van der Waals surface area contributed by atoms with Gasteiger partial charge in [0.2, 0.25) is 0 Å². The third kappa shape index (κ3) is 2.47. The van der Waals surface area contributed by atoms with Gasteiger partial charge in [0.1, 0.15) is 11.6 Å². The molecule has 0 saturated carbocycles. The molecule has 0 saturated heterocycles. The number of imidazole rings is 1. The first-order valence-corrected chi connectivity index (χ1v) is 7.34. The van der Waals surface area contributed by atoms with Crippen molar-refractivity contribution in [2.75, 3.05) is 0 Å². The van der Waals surface area contributed by atoms with Crippen molar-refractivity contribution in [2.45, 2.75) is 33.9 Å². The molecule has 2 N–H and O–H groups in total.